The maximum absolute atomic E-state index is 13.8. The van der Waals surface area contributed by atoms with Crippen molar-refractivity contribution in [1.29, 1.82) is 0 Å². The molecule has 0 aromatic rings. The molecule has 0 bridgehead atoms. The minimum absolute atomic E-state index is 0.143. The number of rotatable bonds is 5. The highest BCUT2D eigenvalue weighted by Gasteiger charge is 2.68. The van der Waals surface area contributed by atoms with Crippen LogP contribution in [0.5, 0.6) is 0 Å². The lowest BCUT2D eigenvalue weighted by atomic mass is 9.39. The monoisotopic (exact) mass is 482 g/mol. The SMILES string of the molecule is CC(C)C(C)C[C@@H](C)C(C)(C)[C@H]1CC[C@@]2(C)C3=CC(=O)[C@@H]4C[C@@H](C)[C@@H](C)C[C@]4(C)C3[C@H](C)C[C@]12C. The van der Waals surface area contributed by atoms with Crippen LogP contribution in [0.3, 0.4) is 0 Å². The van der Waals surface area contributed by atoms with E-state index in [1.54, 1.807) is 5.57 Å². The summed E-state index contributed by atoms with van der Waals surface area (Å²) in [7, 11) is 0. The molecule has 2 unspecified atom stereocenters. The number of allylic oxidation sites excluding steroid dienone is 2. The first-order chi connectivity index (χ1) is 16.0. The summed E-state index contributed by atoms with van der Waals surface area (Å²) in [4.78, 5) is 13.8. The molecular weight excluding hydrogens is 424 g/mol. The summed E-state index contributed by atoms with van der Waals surface area (Å²) in [6, 6.07) is 0. The fourth-order valence-corrected chi connectivity index (χ4v) is 10.6. The quantitative estimate of drug-likeness (QED) is 0.381. The molecule has 35 heavy (non-hydrogen) atoms. The van der Waals surface area contributed by atoms with Crippen LogP contribution in [0.2, 0.25) is 0 Å². The maximum Gasteiger partial charge on any atom is 0.159 e. The van der Waals surface area contributed by atoms with Crippen LogP contribution in [0.15, 0.2) is 11.6 Å². The molecule has 3 saturated carbocycles. The van der Waals surface area contributed by atoms with Crippen LogP contribution in [-0.2, 0) is 4.79 Å². The summed E-state index contributed by atoms with van der Waals surface area (Å²) in [6.07, 6.45) is 9.78. The lowest BCUT2D eigenvalue weighted by molar-refractivity contribution is -0.139. The van der Waals surface area contributed by atoms with E-state index >= 15 is 0 Å². The standard InChI is InChI=1S/C34H58O/c1-20(2)21(3)15-25(7)31(8,9)29-13-14-33(11)27-17-28(35)26-16-22(4)23(5)18-32(26,10)30(27)24(6)19-34(29,33)12/h17,20-26,29-30H,13-16,18-19H2,1-12H3/t21?,22-,23+,24-,25-,26+,29-,30?,32+,33+,34-/m1/s1. The van der Waals surface area contributed by atoms with Gasteiger partial charge in [-0.25, -0.2) is 0 Å². The Hall–Kier alpha value is -0.590. The molecule has 1 heteroatoms. The minimum Gasteiger partial charge on any atom is -0.295 e. The predicted octanol–water partition coefficient (Wildman–Crippen LogP) is 9.61. The van der Waals surface area contributed by atoms with Gasteiger partial charge in [-0.3, -0.25) is 4.79 Å². The van der Waals surface area contributed by atoms with Crippen molar-refractivity contribution in [2.45, 2.75) is 122 Å². The molecule has 0 heterocycles. The molecule has 0 aromatic carbocycles. The van der Waals surface area contributed by atoms with Crippen LogP contribution in [0, 0.1) is 74.9 Å². The molecule has 4 rings (SSSR count). The highest BCUT2D eigenvalue weighted by Crippen LogP contribution is 2.75. The third kappa shape index (κ3) is 3.86. The van der Waals surface area contributed by atoms with Crippen LogP contribution >= 0.6 is 0 Å². The predicted molar refractivity (Wildman–Crippen MR) is 150 cm³/mol. The average molecular weight is 483 g/mol. The van der Waals surface area contributed by atoms with E-state index in [4.69, 9.17) is 0 Å². The van der Waals surface area contributed by atoms with Gasteiger partial charge in [0, 0.05) is 5.92 Å². The highest BCUT2D eigenvalue weighted by atomic mass is 16.1. The Morgan fingerprint density at radius 2 is 1.60 bits per heavy atom. The molecule has 4 aliphatic carbocycles. The number of fused-ring (bicyclic) bond motifs is 5. The van der Waals surface area contributed by atoms with Crippen molar-refractivity contribution in [3.63, 3.8) is 0 Å². The summed E-state index contributed by atoms with van der Waals surface area (Å²) < 4.78 is 0. The third-order valence-corrected chi connectivity index (χ3v) is 13.8. The molecule has 200 valence electrons. The van der Waals surface area contributed by atoms with Gasteiger partial charge < -0.3 is 0 Å². The van der Waals surface area contributed by atoms with Crippen molar-refractivity contribution in [3.8, 4) is 0 Å². The Morgan fingerprint density at radius 3 is 2.20 bits per heavy atom. The molecular formula is C34H58O. The zero-order chi connectivity index (χ0) is 26.3. The fraction of sp³-hybridized carbons (Fsp3) is 0.912. The van der Waals surface area contributed by atoms with Gasteiger partial charge in [-0.1, -0.05) is 88.7 Å². The van der Waals surface area contributed by atoms with Crippen molar-refractivity contribution in [3.05, 3.63) is 11.6 Å². The van der Waals surface area contributed by atoms with E-state index in [9.17, 15) is 4.79 Å². The zero-order valence-electron chi connectivity index (χ0n) is 25.4. The van der Waals surface area contributed by atoms with Crippen LogP contribution in [0.25, 0.3) is 0 Å². The summed E-state index contributed by atoms with van der Waals surface area (Å²) >= 11 is 0. The van der Waals surface area contributed by atoms with Gasteiger partial charge in [0.05, 0.1) is 0 Å². The van der Waals surface area contributed by atoms with Crippen molar-refractivity contribution < 1.29 is 4.79 Å². The van der Waals surface area contributed by atoms with Gasteiger partial charge in [0.15, 0.2) is 5.78 Å². The molecule has 0 aliphatic heterocycles. The second kappa shape index (κ2) is 8.73. The molecule has 0 N–H and O–H groups in total. The first-order valence-corrected chi connectivity index (χ1v) is 15.3. The smallest absolute Gasteiger partial charge is 0.159 e. The molecule has 0 saturated heterocycles. The van der Waals surface area contributed by atoms with E-state index in [-0.39, 0.29) is 22.2 Å². The summed E-state index contributed by atoms with van der Waals surface area (Å²) in [5, 5.41) is 0. The van der Waals surface area contributed by atoms with Crippen LogP contribution in [0.4, 0.5) is 0 Å². The van der Waals surface area contributed by atoms with E-state index in [0.717, 1.165) is 24.2 Å². The van der Waals surface area contributed by atoms with Crippen LogP contribution < -0.4 is 0 Å². The van der Waals surface area contributed by atoms with Crippen LogP contribution in [-0.4, -0.2) is 5.78 Å². The molecule has 3 fully saturated rings. The molecule has 0 radical (unpaired) electrons. The van der Waals surface area contributed by atoms with Gasteiger partial charge in [0.1, 0.15) is 0 Å². The van der Waals surface area contributed by atoms with E-state index < -0.39 is 0 Å². The van der Waals surface area contributed by atoms with Crippen LogP contribution in [0.1, 0.15) is 122 Å². The second-order valence-electron chi connectivity index (χ2n) is 16.1. The summed E-state index contributed by atoms with van der Waals surface area (Å²) in [5.74, 6) is 6.27. The Labute approximate surface area is 218 Å². The number of carbonyl (C=O) groups excluding carboxylic acids is 1. The maximum atomic E-state index is 13.8. The molecule has 1 nitrogen and oxygen atoms in total. The molecule has 0 amide bonds. The first-order valence-electron chi connectivity index (χ1n) is 15.3. The average Bonchev–Trinajstić information content (AvgIpc) is 3.01. The fourth-order valence-electron chi connectivity index (χ4n) is 10.6. The number of hydrogen-bond acceptors (Lipinski definition) is 1. The lowest BCUT2D eigenvalue weighted by Crippen LogP contribution is -2.59. The molecule has 0 spiro atoms. The molecule has 4 aliphatic rings. The third-order valence-electron chi connectivity index (χ3n) is 13.8. The van der Waals surface area contributed by atoms with Gasteiger partial charge in [0.2, 0.25) is 0 Å². The van der Waals surface area contributed by atoms with Gasteiger partial charge in [-0.15, -0.1) is 0 Å². The zero-order valence-corrected chi connectivity index (χ0v) is 25.4. The Bertz CT molecular complexity index is 864. The summed E-state index contributed by atoms with van der Waals surface area (Å²) in [6.45, 7) is 30.1. The van der Waals surface area contributed by atoms with Crippen molar-refractivity contribution in [2.24, 2.45) is 74.9 Å². The van der Waals surface area contributed by atoms with Gasteiger partial charge >= 0.3 is 0 Å². The molecule has 0 aromatic heterocycles. The number of hydrogen-bond donors (Lipinski definition) is 0. The highest BCUT2D eigenvalue weighted by molar-refractivity contribution is 5.94. The minimum atomic E-state index is 0.143. The lowest BCUT2D eigenvalue weighted by Gasteiger charge is -2.64. The van der Waals surface area contributed by atoms with E-state index in [2.05, 4.69) is 89.2 Å². The second-order valence-corrected chi connectivity index (χ2v) is 16.1. The van der Waals surface area contributed by atoms with Gasteiger partial charge in [-0.05, 0) is 114 Å². The van der Waals surface area contributed by atoms with Crippen molar-refractivity contribution >= 4 is 5.78 Å². The van der Waals surface area contributed by atoms with Crippen molar-refractivity contribution in [2.75, 3.05) is 0 Å². The van der Waals surface area contributed by atoms with Gasteiger partial charge in [0.25, 0.3) is 0 Å². The van der Waals surface area contributed by atoms with Crippen molar-refractivity contribution in [1.82, 2.24) is 0 Å². The molecule has 11 atom stereocenters. The van der Waals surface area contributed by atoms with E-state index in [1.807, 2.05) is 0 Å². The van der Waals surface area contributed by atoms with E-state index in [1.165, 1.54) is 32.1 Å². The first kappa shape index (κ1) is 27.4. The van der Waals surface area contributed by atoms with Gasteiger partial charge in [-0.2, -0.15) is 0 Å². The Balaban J connectivity index is 1.72. The Morgan fingerprint density at radius 1 is 0.971 bits per heavy atom. The number of ketones is 1. The largest absolute Gasteiger partial charge is 0.295 e. The normalized spacial score (nSPS) is 47.6. The Kier molecular flexibility index (Phi) is 6.84. The summed E-state index contributed by atoms with van der Waals surface area (Å²) in [5.41, 5.74) is 2.45. The number of carbonyl (C=O) groups is 1. The topological polar surface area (TPSA) is 17.1 Å². The van der Waals surface area contributed by atoms with E-state index in [0.29, 0.717) is 40.8 Å².